The van der Waals surface area contributed by atoms with Gasteiger partial charge in [-0.2, -0.15) is 8.42 Å². The molecule has 0 heterocycles. The van der Waals surface area contributed by atoms with E-state index in [-0.39, 0.29) is 17.2 Å². The van der Waals surface area contributed by atoms with E-state index >= 15 is 0 Å². The van der Waals surface area contributed by atoms with Crippen LogP contribution in [0.25, 0.3) is 0 Å². The van der Waals surface area contributed by atoms with Gasteiger partial charge in [0, 0.05) is 11.1 Å². The second-order valence-corrected chi connectivity index (χ2v) is 8.76. The Hall–Kier alpha value is -0.880. The van der Waals surface area contributed by atoms with Crippen LogP contribution in [0.15, 0.2) is 36.4 Å². The molecule has 0 spiro atoms. The second kappa shape index (κ2) is 8.83. The summed E-state index contributed by atoms with van der Waals surface area (Å²) in [7, 11) is -3.89. The normalized spacial score (nSPS) is 14.3. The Morgan fingerprint density at radius 1 is 1.26 bits per heavy atom. The van der Waals surface area contributed by atoms with Crippen molar-refractivity contribution >= 4 is 21.7 Å². The minimum atomic E-state index is -3.89. The summed E-state index contributed by atoms with van der Waals surface area (Å²) in [4.78, 5) is 0. The third-order valence-electron chi connectivity index (χ3n) is 3.18. The second-order valence-electron chi connectivity index (χ2n) is 6.76. The molecule has 23 heavy (non-hydrogen) atoms. The van der Waals surface area contributed by atoms with Crippen molar-refractivity contribution in [2.75, 3.05) is 12.3 Å². The molecule has 2 N–H and O–H groups in total. The monoisotopic (exact) mass is 359 g/mol. The molecular weight excluding hydrogens is 334 g/mol. The Bertz CT molecular complexity index is 604. The predicted molar refractivity (Wildman–Crippen MR) is 96.6 cm³/mol. The van der Waals surface area contributed by atoms with E-state index in [1.165, 1.54) is 0 Å². The molecule has 1 rings (SSSR count). The molecule has 0 aliphatic carbocycles. The maximum Gasteiger partial charge on any atom is 0.264 e. The van der Waals surface area contributed by atoms with Crippen LogP contribution >= 0.6 is 11.6 Å². The van der Waals surface area contributed by atoms with E-state index in [2.05, 4.69) is 38.2 Å². The van der Waals surface area contributed by atoms with Gasteiger partial charge < -0.3 is 5.32 Å². The van der Waals surface area contributed by atoms with Crippen LogP contribution in [0.4, 0.5) is 0 Å². The van der Waals surface area contributed by atoms with Crippen LogP contribution in [0.5, 0.6) is 0 Å². The quantitative estimate of drug-likeness (QED) is 0.421. The van der Waals surface area contributed by atoms with Crippen molar-refractivity contribution in [1.82, 2.24) is 5.32 Å². The van der Waals surface area contributed by atoms with Gasteiger partial charge in [-0.15, -0.1) is 0 Å². The molecular formula is C17H26ClNO3S. The van der Waals surface area contributed by atoms with Gasteiger partial charge in [-0.3, -0.25) is 4.55 Å². The first-order chi connectivity index (χ1) is 10.6. The van der Waals surface area contributed by atoms with E-state index in [0.29, 0.717) is 18.0 Å². The largest absolute Gasteiger partial charge is 0.310 e. The summed E-state index contributed by atoms with van der Waals surface area (Å²) < 4.78 is 30.3. The summed E-state index contributed by atoms with van der Waals surface area (Å²) in [6.45, 7) is 6.90. The molecule has 1 aromatic carbocycles. The lowest BCUT2D eigenvalue weighted by atomic mass is 9.94. The fourth-order valence-electron chi connectivity index (χ4n) is 2.03. The molecule has 0 amide bonds. The van der Waals surface area contributed by atoms with Gasteiger partial charge in [0.2, 0.25) is 0 Å². The first-order valence-corrected chi connectivity index (χ1v) is 9.66. The lowest BCUT2D eigenvalue weighted by Crippen LogP contribution is -2.31. The summed E-state index contributed by atoms with van der Waals surface area (Å²) in [6.07, 6.45) is 5.42. The van der Waals surface area contributed by atoms with Crippen LogP contribution in [0, 0.1) is 5.41 Å². The Morgan fingerprint density at radius 3 is 2.39 bits per heavy atom. The van der Waals surface area contributed by atoms with E-state index in [1.807, 2.05) is 24.3 Å². The lowest BCUT2D eigenvalue weighted by molar-refractivity contribution is 0.478. The molecule has 1 atom stereocenters. The molecule has 1 aromatic rings. The third-order valence-corrected chi connectivity index (χ3v) is 4.24. The van der Waals surface area contributed by atoms with Gasteiger partial charge >= 0.3 is 0 Å². The van der Waals surface area contributed by atoms with E-state index in [4.69, 9.17) is 16.2 Å². The topological polar surface area (TPSA) is 66.4 Å². The lowest BCUT2D eigenvalue weighted by Gasteiger charge is -2.18. The van der Waals surface area contributed by atoms with Crippen molar-refractivity contribution in [3.8, 4) is 0 Å². The molecule has 130 valence electrons. The van der Waals surface area contributed by atoms with Crippen LogP contribution < -0.4 is 5.32 Å². The third kappa shape index (κ3) is 10.5. The number of hydrogen-bond acceptors (Lipinski definition) is 3. The zero-order valence-electron chi connectivity index (χ0n) is 13.9. The van der Waals surface area contributed by atoms with Crippen LogP contribution in [0.3, 0.4) is 0 Å². The molecule has 0 saturated carbocycles. The summed E-state index contributed by atoms with van der Waals surface area (Å²) in [5, 5.41) is 4.04. The molecule has 0 aliphatic heterocycles. The van der Waals surface area contributed by atoms with Crippen molar-refractivity contribution in [2.45, 2.75) is 39.7 Å². The SMILES string of the molecule is CC(C)(C)C=CC(Cc1ccc(Cl)cc1)NCCCS(=O)(=O)O. The fourth-order valence-corrected chi connectivity index (χ4v) is 2.66. The first kappa shape index (κ1) is 20.2. The smallest absolute Gasteiger partial charge is 0.264 e. The van der Waals surface area contributed by atoms with Crippen LogP contribution in [-0.4, -0.2) is 31.3 Å². The highest BCUT2D eigenvalue weighted by Gasteiger charge is 2.10. The minimum absolute atomic E-state index is 0.0777. The first-order valence-electron chi connectivity index (χ1n) is 7.67. The van der Waals surface area contributed by atoms with Crippen LogP contribution in [-0.2, 0) is 16.5 Å². The summed E-state index contributed by atoms with van der Waals surface area (Å²) in [6, 6.07) is 7.79. The van der Waals surface area contributed by atoms with Crippen molar-refractivity contribution in [3.63, 3.8) is 0 Å². The van der Waals surface area contributed by atoms with Crippen LogP contribution in [0.2, 0.25) is 5.02 Å². The molecule has 6 heteroatoms. The van der Waals surface area contributed by atoms with Crippen molar-refractivity contribution in [2.24, 2.45) is 5.41 Å². The zero-order valence-corrected chi connectivity index (χ0v) is 15.5. The average Bonchev–Trinajstić information content (AvgIpc) is 2.41. The maximum absolute atomic E-state index is 10.8. The van der Waals surface area contributed by atoms with Gasteiger partial charge in [-0.25, -0.2) is 0 Å². The van der Waals surface area contributed by atoms with E-state index in [1.54, 1.807) is 0 Å². The minimum Gasteiger partial charge on any atom is -0.310 e. The Labute approximate surface area is 144 Å². The molecule has 0 aliphatic rings. The van der Waals surface area contributed by atoms with Crippen molar-refractivity contribution < 1.29 is 13.0 Å². The predicted octanol–water partition coefficient (Wildman–Crippen LogP) is 3.72. The fraction of sp³-hybridized carbons (Fsp3) is 0.529. The van der Waals surface area contributed by atoms with Gasteiger partial charge in [-0.05, 0) is 42.5 Å². The molecule has 4 nitrogen and oxygen atoms in total. The Balaban J connectivity index is 2.65. The van der Waals surface area contributed by atoms with Crippen molar-refractivity contribution in [3.05, 3.63) is 47.0 Å². The van der Waals surface area contributed by atoms with Gasteiger partial charge in [0.05, 0.1) is 5.75 Å². The summed E-state index contributed by atoms with van der Waals surface area (Å²) in [5.41, 5.74) is 1.23. The van der Waals surface area contributed by atoms with E-state index in [9.17, 15) is 8.42 Å². The average molecular weight is 360 g/mol. The standard InChI is InChI=1S/C17H26ClNO3S/c1-17(2,3)10-9-16(19-11-4-12-23(20,21)22)13-14-5-7-15(18)8-6-14/h5-10,16,19H,4,11-13H2,1-3H3,(H,20,21,22). The number of allylic oxidation sites excluding steroid dienone is 1. The van der Waals surface area contributed by atoms with Gasteiger partial charge in [0.25, 0.3) is 10.1 Å². The molecule has 0 fully saturated rings. The Morgan fingerprint density at radius 2 is 1.87 bits per heavy atom. The zero-order chi connectivity index (χ0) is 17.5. The molecule has 0 aromatic heterocycles. The number of benzene rings is 1. The van der Waals surface area contributed by atoms with Gasteiger partial charge in [0.15, 0.2) is 0 Å². The maximum atomic E-state index is 10.8. The van der Waals surface area contributed by atoms with E-state index in [0.717, 1.165) is 12.0 Å². The number of rotatable bonds is 8. The van der Waals surface area contributed by atoms with Crippen molar-refractivity contribution in [1.29, 1.82) is 0 Å². The highest BCUT2D eigenvalue weighted by atomic mass is 35.5. The van der Waals surface area contributed by atoms with Gasteiger partial charge in [-0.1, -0.05) is 56.7 Å². The summed E-state index contributed by atoms with van der Waals surface area (Å²) in [5.74, 6) is -0.226. The van der Waals surface area contributed by atoms with Gasteiger partial charge in [0.1, 0.15) is 0 Å². The molecule has 0 radical (unpaired) electrons. The number of halogens is 1. The highest BCUT2D eigenvalue weighted by molar-refractivity contribution is 7.85. The summed E-state index contributed by atoms with van der Waals surface area (Å²) >= 11 is 5.90. The highest BCUT2D eigenvalue weighted by Crippen LogP contribution is 2.16. The molecule has 0 saturated heterocycles. The molecule has 1 unspecified atom stereocenters. The Kier molecular flexibility index (Phi) is 7.74. The van der Waals surface area contributed by atoms with Crippen LogP contribution in [0.1, 0.15) is 32.8 Å². The number of nitrogens with one attached hydrogen (secondary N) is 1. The van der Waals surface area contributed by atoms with E-state index < -0.39 is 10.1 Å². The molecule has 0 bridgehead atoms. The number of hydrogen-bond donors (Lipinski definition) is 2.